The number of anilines is 2. The van der Waals surface area contributed by atoms with Crippen LogP contribution in [0.2, 0.25) is 0 Å². The van der Waals surface area contributed by atoms with Crippen molar-refractivity contribution in [2.24, 2.45) is 0 Å². The van der Waals surface area contributed by atoms with Gasteiger partial charge in [0.15, 0.2) is 0 Å². The fraction of sp³-hybridized carbons (Fsp3) is 0.174. The third-order valence-electron chi connectivity index (χ3n) is 5.30. The number of hydrogen-bond acceptors (Lipinski definition) is 4. The largest absolute Gasteiger partial charge is 0.477 e. The van der Waals surface area contributed by atoms with Crippen LogP contribution in [0.25, 0.3) is 0 Å². The van der Waals surface area contributed by atoms with E-state index < -0.39 is 12.0 Å². The number of aliphatic carboxylic acids is 1. The Morgan fingerprint density at radius 2 is 1.80 bits per heavy atom. The van der Waals surface area contributed by atoms with Gasteiger partial charge < -0.3 is 15.7 Å². The average Bonchev–Trinajstić information content (AvgIpc) is 3.15. The lowest BCUT2D eigenvalue weighted by atomic mass is 10.0. The van der Waals surface area contributed by atoms with Crippen LogP contribution in [0.1, 0.15) is 38.7 Å². The fourth-order valence-corrected chi connectivity index (χ4v) is 3.41. The lowest BCUT2D eigenvalue weighted by Crippen LogP contribution is -2.25. The van der Waals surface area contributed by atoms with Crippen LogP contribution in [0, 0.1) is 20.8 Å². The second kappa shape index (κ2) is 7.51. The number of aryl methyl sites for hydroxylation is 3. The molecule has 7 heteroatoms. The highest BCUT2D eigenvalue weighted by Crippen LogP contribution is 2.32. The Morgan fingerprint density at radius 1 is 1.07 bits per heavy atom. The van der Waals surface area contributed by atoms with Crippen molar-refractivity contribution in [2.75, 3.05) is 10.6 Å². The van der Waals surface area contributed by atoms with Crippen LogP contribution in [0.5, 0.6) is 0 Å². The summed E-state index contributed by atoms with van der Waals surface area (Å²) in [7, 11) is 0. The maximum atomic E-state index is 12.9. The van der Waals surface area contributed by atoms with Gasteiger partial charge >= 0.3 is 5.97 Å². The monoisotopic (exact) mass is 402 g/mol. The zero-order valence-corrected chi connectivity index (χ0v) is 16.9. The van der Waals surface area contributed by atoms with Crippen molar-refractivity contribution in [3.05, 3.63) is 88.3 Å². The van der Waals surface area contributed by atoms with Crippen molar-refractivity contribution in [3.63, 3.8) is 0 Å². The maximum Gasteiger partial charge on any atom is 0.352 e. The molecule has 1 amide bonds. The molecule has 3 N–H and O–H groups in total. The van der Waals surface area contributed by atoms with E-state index in [2.05, 4.69) is 15.7 Å². The van der Waals surface area contributed by atoms with Crippen LogP contribution in [-0.4, -0.2) is 26.8 Å². The van der Waals surface area contributed by atoms with Crippen molar-refractivity contribution >= 4 is 23.4 Å². The van der Waals surface area contributed by atoms with Gasteiger partial charge in [0.25, 0.3) is 5.91 Å². The molecular formula is C23H22N4O3. The van der Waals surface area contributed by atoms with E-state index in [9.17, 15) is 14.7 Å². The number of nitrogens with one attached hydrogen (secondary N) is 2. The number of carboxylic acids is 1. The van der Waals surface area contributed by atoms with Gasteiger partial charge in [-0.25, -0.2) is 9.48 Å². The lowest BCUT2D eigenvalue weighted by Gasteiger charge is -2.24. The highest BCUT2D eigenvalue weighted by Gasteiger charge is 2.29. The van der Waals surface area contributed by atoms with Gasteiger partial charge in [-0.3, -0.25) is 4.79 Å². The van der Waals surface area contributed by atoms with Gasteiger partial charge in [0.05, 0.1) is 12.2 Å². The van der Waals surface area contributed by atoms with E-state index in [4.69, 9.17) is 0 Å². The van der Waals surface area contributed by atoms with Gasteiger partial charge in [-0.2, -0.15) is 5.10 Å². The molecule has 1 aromatic heterocycles. The number of carbonyl (C=O) groups excluding carboxylic acids is 1. The van der Waals surface area contributed by atoms with E-state index in [0.717, 1.165) is 22.3 Å². The van der Waals surface area contributed by atoms with Gasteiger partial charge in [-0.1, -0.05) is 35.9 Å². The first kappa shape index (κ1) is 19.4. The molecule has 1 aliphatic rings. The van der Waals surface area contributed by atoms with Crippen molar-refractivity contribution in [1.29, 1.82) is 0 Å². The molecule has 0 aliphatic carbocycles. The molecule has 0 fully saturated rings. The third-order valence-corrected chi connectivity index (χ3v) is 5.30. The van der Waals surface area contributed by atoms with Gasteiger partial charge in [0.1, 0.15) is 17.1 Å². The zero-order valence-electron chi connectivity index (χ0n) is 16.9. The summed E-state index contributed by atoms with van der Waals surface area (Å²) < 4.78 is 1.63. The van der Waals surface area contributed by atoms with Crippen LogP contribution >= 0.6 is 0 Å². The molecule has 152 valence electrons. The summed E-state index contributed by atoms with van der Waals surface area (Å²) in [5.41, 5.74) is 5.14. The number of carbonyl (C=O) groups is 2. The number of benzene rings is 2. The van der Waals surface area contributed by atoms with Crippen molar-refractivity contribution in [1.82, 2.24) is 9.78 Å². The first-order valence-corrected chi connectivity index (χ1v) is 9.58. The van der Waals surface area contributed by atoms with Crippen LogP contribution in [-0.2, 0) is 4.79 Å². The molecule has 1 aliphatic heterocycles. The van der Waals surface area contributed by atoms with Gasteiger partial charge in [-0.15, -0.1) is 0 Å². The van der Waals surface area contributed by atoms with E-state index >= 15 is 0 Å². The normalized spacial score (nSPS) is 15.0. The first-order valence-electron chi connectivity index (χ1n) is 9.58. The Morgan fingerprint density at radius 3 is 2.47 bits per heavy atom. The molecule has 0 bridgehead atoms. The Hall–Kier alpha value is -3.87. The van der Waals surface area contributed by atoms with Crippen LogP contribution < -0.4 is 10.6 Å². The van der Waals surface area contributed by atoms with E-state index in [1.54, 1.807) is 10.8 Å². The Bertz CT molecular complexity index is 1180. The molecule has 1 unspecified atom stereocenters. The number of nitrogens with zero attached hydrogens (tertiary/aromatic N) is 2. The number of allylic oxidation sites excluding steroid dienone is 1. The number of amides is 1. The smallest absolute Gasteiger partial charge is 0.352 e. The van der Waals surface area contributed by atoms with Crippen LogP contribution in [0.15, 0.2) is 60.4 Å². The molecule has 0 spiro atoms. The Kier molecular flexibility index (Phi) is 4.87. The highest BCUT2D eigenvalue weighted by molar-refractivity contribution is 6.08. The SMILES string of the molecule is Cc1ccc(C2C=C(C(=O)O)Nc3c(C(=O)Nc4ccc(C)c(C)c4)cnn32)cc1. The molecule has 0 saturated carbocycles. The van der Waals surface area contributed by atoms with E-state index in [-0.39, 0.29) is 17.2 Å². The number of hydrogen-bond donors (Lipinski definition) is 3. The van der Waals surface area contributed by atoms with Gasteiger partial charge in [0.2, 0.25) is 0 Å². The lowest BCUT2D eigenvalue weighted by molar-refractivity contribution is -0.132. The summed E-state index contributed by atoms with van der Waals surface area (Å²) in [6.45, 7) is 5.97. The van der Waals surface area contributed by atoms with Crippen LogP contribution in [0.3, 0.4) is 0 Å². The quantitative estimate of drug-likeness (QED) is 0.612. The molecular weight excluding hydrogens is 380 g/mol. The molecule has 2 heterocycles. The molecule has 30 heavy (non-hydrogen) atoms. The molecule has 2 aromatic carbocycles. The molecule has 4 rings (SSSR count). The van der Waals surface area contributed by atoms with Crippen molar-refractivity contribution in [3.8, 4) is 0 Å². The van der Waals surface area contributed by atoms with Gasteiger partial charge in [-0.05, 0) is 55.7 Å². The molecule has 1 atom stereocenters. The standard InChI is InChI=1S/C23H22N4O3/c1-13-4-7-16(8-5-13)20-11-19(23(29)30)26-21-18(12-24-27(20)21)22(28)25-17-9-6-14(2)15(3)10-17/h4-12,20,26H,1-3H3,(H,25,28)(H,29,30). The summed E-state index contributed by atoms with van der Waals surface area (Å²) in [5.74, 6) is -1.11. The molecule has 3 aromatic rings. The minimum atomic E-state index is -1.10. The third kappa shape index (κ3) is 3.57. The fourth-order valence-electron chi connectivity index (χ4n) is 3.41. The topological polar surface area (TPSA) is 96.2 Å². The minimum absolute atomic E-state index is 0.00815. The number of rotatable bonds is 4. The summed E-state index contributed by atoms with van der Waals surface area (Å²) in [4.78, 5) is 24.6. The van der Waals surface area contributed by atoms with Crippen LogP contribution in [0.4, 0.5) is 11.5 Å². The van der Waals surface area contributed by atoms with E-state index in [1.807, 2.05) is 63.2 Å². The minimum Gasteiger partial charge on any atom is -0.477 e. The Labute approximate surface area is 174 Å². The average molecular weight is 402 g/mol. The molecule has 0 saturated heterocycles. The number of aromatic nitrogens is 2. The summed E-state index contributed by atoms with van der Waals surface area (Å²) in [5, 5.41) is 19.7. The number of carboxylic acid groups (broad SMARTS) is 1. The van der Waals surface area contributed by atoms with E-state index in [0.29, 0.717) is 11.5 Å². The highest BCUT2D eigenvalue weighted by atomic mass is 16.4. The van der Waals surface area contributed by atoms with Crippen molar-refractivity contribution < 1.29 is 14.7 Å². The van der Waals surface area contributed by atoms with E-state index in [1.165, 1.54) is 6.20 Å². The second-order valence-corrected chi connectivity index (χ2v) is 7.47. The molecule has 7 nitrogen and oxygen atoms in total. The predicted octanol–water partition coefficient (Wildman–Crippen LogP) is 4.04. The molecule has 0 radical (unpaired) electrons. The maximum absolute atomic E-state index is 12.9. The first-order chi connectivity index (χ1) is 14.3. The second-order valence-electron chi connectivity index (χ2n) is 7.47. The Balaban J connectivity index is 1.70. The zero-order chi connectivity index (χ0) is 21.4. The summed E-state index contributed by atoms with van der Waals surface area (Å²) in [6, 6.07) is 13.0. The summed E-state index contributed by atoms with van der Waals surface area (Å²) >= 11 is 0. The summed E-state index contributed by atoms with van der Waals surface area (Å²) in [6.07, 6.45) is 3.05. The predicted molar refractivity (Wildman–Crippen MR) is 115 cm³/mol. The number of fused-ring (bicyclic) bond motifs is 1. The van der Waals surface area contributed by atoms with Gasteiger partial charge in [0, 0.05) is 5.69 Å². The van der Waals surface area contributed by atoms with Crippen molar-refractivity contribution in [2.45, 2.75) is 26.8 Å².